The molecule has 4 aliphatic heterocycles. The van der Waals surface area contributed by atoms with E-state index in [1.807, 2.05) is 0 Å². The lowest BCUT2D eigenvalue weighted by Gasteiger charge is -2.53. The Morgan fingerprint density at radius 3 is 0.771 bits per heavy atom. The predicted octanol–water partition coefficient (Wildman–Crippen LogP) is -1.17. The predicted molar refractivity (Wildman–Crippen MR) is 111 cm³/mol. The van der Waals surface area contributed by atoms with Crippen molar-refractivity contribution in [1.82, 2.24) is 19.6 Å². The Morgan fingerprint density at radius 1 is 0.457 bits per heavy atom. The zero-order valence-corrected chi connectivity index (χ0v) is 18.5. The molecule has 0 bridgehead atoms. The average molecular weight is 482 g/mol. The summed E-state index contributed by atoms with van der Waals surface area (Å²) in [6.07, 6.45) is 6.14. The smallest absolute Gasteiger partial charge is 0.257 e. The maximum absolute atomic E-state index is 12.8. The van der Waals surface area contributed by atoms with Gasteiger partial charge in [0.1, 0.15) is 0 Å². The SMILES string of the molecule is CCC(OC(CC)(N1C(=O)C=CC1=O)N1C(=O)C=CC1=O)(N1C(=O)C=CC1=O)N1C(=O)C=CC1=O. The lowest BCUT2D eigenvalue weighted by Crippen LogP contribution is -2.74. The molecule has 0 spiro atoms. The molecule has 0 aliphatic carbocycles. The Morgan fingerprint density at radius 2 is 0.629 bits per heavy atom. The van der Waals surface area contributed by atoms with Gasteiger partial charge in [0, 0.05) is 61.4 Å². The Hall–Kier alpha value is -4.52. The van der Waals surface area contributed by atoms with Crippen LogP contribution in [0, 0.1) is 0 Å². The summed E-state index contributed by atoms with van der Waals surface area (Å²) in [4.78, 5) is 104. The minimum atomic E-state index is -2.57. The fourth-order valence-electron chi connectivity index (χ4n) is 4.40. The summed E-state index contributed by atoms with van der Waals surface area (Å²) < 4.78 is 6.20. The molecule has 0 N–H and O–H groups in total. The molecule has 13 heteroatoms. The van der Waals surface area contributed by atoms with E-state index < -0.39 is 71.8 Å². The van der Waals surface area contributed by atoms with E-state index >= 15 is 0 Å². The van der Waals surface area contributed by atoms with Gasteiger partial charge in [-0.15, -0.1) is 0 Å². The minimum absolute atomic E-state index is 0.444. The summed E-state index contributed by atoms with van der Waals surface area (Å²) >= 11 is 0. The van der Waals surface area contributed by atoms with Crippen LogP contribution < -0.4 is 0 Å². The van der Waals surface area contributed by atoms with Crippen molar-refractivity contribution >= 4 is 47.3 Å². The van der Waals surface area contributed by atoms with Gasteiger partial charge in [-0.2, -0.15) is 0 Å². The molecule has 0 aromatic heterocycles. The summed E-state index contributed by atoms with van der Waals surface area (Å²) in [6.45, 7) is 2.74. The standard InChI is InChI=1S/C22H18N4O9/c1-3-21(23-13(27)5-6-14(23)28,24-15(29)7-8-16(24)30)35-22(4-2,25-17(31)9-10-18(25)32)26-19(33)11-12-20(26)34/h5-12H,3-4H2,1-2H3. The summed E-state index contributed by atoms with van der Waals surface area (Å²) in [7, 11) is 0. The number of carbonyl (C=O) groups excluding carboxylic acids is 8. The van der Waals surface area contributed by atoms with Crippen molar-refractivity contribution in [2.45, 2.75) is 38.4 Å². The van der Waals surface area contributed by atoms with Gasteiger partial charge in [0.2, 0.25) is 11.7 Å². The second-order valence-corrected chi connectivity index (χ2v) is 7.68. The van der Waals surface area contributed by atoms with E-state index in [2.05, 4.69) is 0 Å². The Kier molecular flexibility index (Phi) is 5.44. The second-order valence-electron chi connectivity index (χ2n) is 7.68. The molecule has 0 aromatic rings. The van der Waals surface area contributed by atoms with E-state index in [4.69, 9.17) is 4.74 Å². The third-order valence-electron chi connectivity index (χ3n) is 5.88. The van der Waals surface area contributed by atoms with Crippen LogP contribution in [0.1, 0.15) is 26.7 Å². The number of nitrogens with zero attached hydrogens (tertiary/aromatic N) is 4. The van der Waals surface area contributed by atoms with Gasteiger partial charge in [-0.25, -0.2) is 19.6 Å². The van der Waals surface area contributed by atoms with Crippen LogP contribution in [0.4, 0.5) is 0 Å². The lowest BCUT2D eigenvalue weighted by atomic mass is 10.1. The summed E-state index contributed by atoms with van der Waals surface area (Å²) in [6, 6.07) is 0. The fraction of sp³-hybridized carbons (Fsp3) is 0.273. The number of rotatable bonds is 8. The first-order chi connectivity index (χ1) is 16.5. The van der Waals surface area contributed by atoms with Crippen LogP contribution in [-0.2, 0) is 43.1 Å². The van der Waals surface area contributed by atoms with Crippen LogP contribution in [0.25, 0.3) is 0 Å². The highest BCUT2D eigenvalue weighted by atomic mass is 16.6. The summed E-state index contributed by atoms with van der Waals surface area (Å²) in [5, 5.41) is 0. The van der Waals surface area contributed by atoms with Crippen LogP contribution in [0.3, 0.4) is 0 Å². The Balaban J connectivity index is 1.98. The quantitative estimate of drug-likeness (QED) is 0.389. The zero-order chi connectivity index (χ0) is 25.7. The first kappa shape index (κ1) is 23.6. The van der Waals surface area contributed by atoms with Gasteiger partial charge in [0.15, 0.2) is 0 Å². The lowest BCUT2D eigenvalue weighted by molar-refractivity contribution is -0.325. The van der Waals surface area contributed by atoms with Crippen molar-refractivity contribution < 1.29 is 43.1 Å². The third kappa shape index (κ3) is 3.19. The van der Waals surface area contributed by atoms with Crippen LogP contribution in [-0.4, -0.2) is 78.6 Å². The molecule has 4 aliphatic rings. The van der Waals surface area contributed by atoms with E-state index in [1.54, 1.807) is 0 Å². The molecule has 0 fully saturated rings. The highest BCUT2D eigenvalue weighted by molar-refractivity contribution is 6.18. The molecule has 0 saturated heterocycles. The molecule has 35 heavy (non-hydrogen) atoms. The molecule has 0 radical (unpaired) electrons. The van der Waals surface area contributed by atoms with E-state index in [1.165, 1.54) is 13.8 Å². The Bertz CT molecular complexity index is 991. The van der Waals surface area contributed by atoms with E-state index in [0.717, 1.165) is 48.6 Å². The maximum atomic E-state index is 12.8. The average Bonchev–Trinajstić information content (AvgIpc) is 3.55. The van der Waals surface area contributed by atoms with Crippen molar-refractivity contribution in [3.05, 3.63) is 48.6 Å². The van der Waals surface area contributed by atoms with Crippen molar-refractivity contribution in [1.29, 1.82) is 0 Å². The molecule has 180 valence electrons. The number of hydrogen-bond acceptors (Lipinski definition) is 9. The molecule has 8 amide bonds. The number of amides is 8. The number of carbonyl (C=O) groups is 8. The molecule has 13 nitrogen and oxygen atoms in total. The fourth-order valence-corrected chi connectivity index (χ4v) is 4.40. The van der Waals surface area contributed by atoms with Crippen molar-refractivity contribution in [2.75, 3.05) is 0 Å². The highest BCUT2D eigenvalue weighted by Crippen LogP contribution is 2.42. The minimum Gasteiger partial charge on any atom is -0.290 e. The first-order valence-electron chi connectivity index (χ1n) is 10.5. The molecule has 0 unspecified atom stereocenters. The van der Waals surface area contributed by atoms with Gasteiger partial charge in [-0.3, -0.25) is 43.1 Å². The molecule has 4 heterocycles. The van der Waals surface area contributed by atoms with Gasteiger partial charge < -0.3 is 0 Å². The summed E-state index contributed by atoms with van der Waals surface area (Å²) in [5.74, 6) is -12.9. The number of imide groups is 4. The van der Waals surface area contributed by atoms with Gasteiger partial charge >= 0.3 is 0 Å². The topological polar surface area (TPSA) is 159 Å². The Labute approximate surface area is 197 Å². The molecule has 4 rings (SSSR count). The zero-order valence-electron chi connectivity index (χ0n) is 18.5. The van der Waals surface area contributed by atoms with Gasteiger partial charge in [0.05, 0.1) is 0 Å². The maximum Gasteiger partial charge on any atom is 0.257 e. The first-order valence-corrected chi connectivity index (χ1v) is 10.5. The van der Waals surface area contributed by atoms with Crippen molar-refractivity contribution in [3.8, 4) is 0 Å². The molecule has 0 aromatic carbocycles. The second kappa shape index (κ2) is 8.06. The van der Waals surface area contributed by atoms with Crippen LogP contribution >= 0.6 is 0 Å². The van der Waals surface area contributed by atoms with Crippen LogP contribution in [0.5, 0.6) is 0 Å². The van der Waals surface area contributed by atoms with Crippen LogP contribution in [0.15, 0.2) is 48.6 Å². The van der Waals surface area contributed by atoms with Crippen molar-refractivity contribution in [3.63, 3.8) is 0 Å². The van der Waals surface area contributed by atoms with Crippen molar-refractivity contribution in [2.24, 2.45) is 0 Å². The molecular formula is C22H18N4O9. The summed E-state index contributed by atoms with van der Waals surface area (Å²) in [5.41, 5.74) is 0. The molecular weight excluding hydrogens is 464 g/mol. The van der Waals surface area contributed by atoms with Gasteiger partial charge in [0.25, 0.3) is 47.3 Å². The molecule has 0 saturated carbocycles. The number of ether oxygens (including phenoxy) is 1. The number of hydrogen-bond donors (Lipinski definition) is 0. The third-order valence-corrected chi connectivity index (χ3v) is 5.88. The highest BCUT2D eigenvalue weighted by Gasteiger charge is 2.63. The van der Waals surface area contributed by atoms with E-state index in [0.29, 0.717) is 19.6 Å². The molecule has 0 atom stereocenters. The monoisotopic (exact) mass is 482 g/mol. The van der Waals surface area contributed by atoms with Gasteiger partial charge in [-0.05, 0) is 0 Å². The largest absolute Gasteiger partial charge is 0.290 e. The van der Waals surface area contributed by atoms with Gasteiger partial charge in [-0.1, -0.05) is 13.8 Å². The van der Waals surface area contributed by atoms with E-state index in [-0.39, 0.29) is 0 Å². The van der Waals surface area contributed by atoms with E-state index in [9.17, 15) is 38.4 Å². The van der Waals surface area contributed by atoms with Crippen LogP contribution in [0.2, 0.25) is 0 Å². The normalized spacial score (nSPS) is 20.4.